The van der Waals surface area contributed by atoms with Crippen molar-refractivity contribution >= 4 is 23.5 Å². The molecule has 6 nitrogen and oxygen atoms in total. The Kier molecular flexibility index (Phi) is 4.05. The highest BCUT2D eigenvalue weighted by molar-refractivity contribution is 6.02. The van der Waals surface area contributed by atoms with Crippen molar-refractivity contribution < 1.29 is 19.5 Å². The number of hydrogen-bond donors (Lipinski definition) is 2. The third-order valence-corrected chi connectivity index (χ3v) is 5.91. The van der Waals surface area contributed by atoms with Crippen molar-refractivity contribution in [3.8, 4) is 0 Å². The van der Waals surface area contributed by atoms with Crippen LogP contribution in [0.3, 0.4) is 0 Å². The van der Waals surface area contributed by atoms with Crippen LogP contribution < -0.4 is 10.2 Å². The number of anilines is 1. The fourth-order valence-electron chi connectivity index (χ4n) is 4.58. The second-order valence-corrected chi connectivity index (χ2v) is 7.51. The van der Waals surface area contributed by atoms with E-state index < -0.39 is 23.8 Å². The highest BCUT2D eigenvalue weighted by Gasteiger charge is 2.52. The van der Waals surface area contributed by atoms with Gasteiger partial charge in [-0.3, -0.25) is 14.4 Å². The average molecular weight is 354 g/mol. The van der Waals surface area contributed by atoms with Gasteiger partial charge >= 0.3 is 5.97 Å². The molecule has 2 N–H and O–H groups in total. The lowest BCUT2D eigenvalue weighted by Gasteiger charge is -2.25. The maximum Gasteiger partial charge on any atom is 0.307 e. The SMILES string of the molecule is Cc1ccc(N2CC[C@H](NC(=O)[C@H]3[C@@H](C(=O)O)[C@H]4C=C[C@H]3C4)C2=O)cc1. The van der Waals surface area contributed by atoms with Gasteiger partial charge in [0.15, 0.2) is 0 Å². The molecule has 2 amide bonds. The number of amides is 2. The molecule has 1 heterocycles. The summed E-state index contributed by atoms with van der Waals surface area (Å²) in [7, 11) is 0. The standard InChI is InChI=1S/C20H22N2O4/c1-11-2-6-14(7-3-11)22-9-8-15(19(22)24)21-18(23)16-12-4-5-13(10-12)17(16)20(25)26/h2-7,12-13,15-17H,8-10H2,1H3,(H,21,23)(H,25,26)/t12-,13-,15-,16+,17-/m0/s1. The lowest BCUT2D eigenvalue weighted by Crippen LogP contribution is -2.47. The zero-order chi connectivity index (χ0) is 18.4. The number of aryl methyl sites for hydroxylation is 1. The van der Waals surface area contributed by atoms with Gasteiger partial charge in [0, 0.05) is 12.2 Å². The maximum atomic E-state index is 12.8. The van der Waals surface area contributed by atoms with Crippen molar-refractivity contribution in [1.29, 1.82) is 0 Å². The number of rotatable bonds is 4. The molecule has 5 atom stereocenters. The summed E-state index contributed by atoms with van der Waals surface area (Å²) >= 11 is 0. The fraction of sp³-hybridized carbons (Fsp3) is 0.450. The minimum atomic E-state index is -0.930. The van der Waals surface area contributed by atoms with Crippen LogP contribution in [-0.2, 0) is 14.4 Å². The highest BCUT2D eigenvalue weighted by atomic mass is 16.4. The van der Waals surface area contributed by atoms with Crippen LogP contribution in [-0.4, -0.2) is 35.5 Å². The first-order valence-corrected chi connectivity index (χ1v) is 9.05. The molecule has 1 aliphatic heterocycles. The third-order valence-electron chi connectivity index (χ3n) is 5.91. The van der Waals surface area contributed by atoms with Crippen LogP contribution in [0, 0.1) is 30.6 Å². The summed E-state index contributed by atoms with van der Waals surface area (Å²) in [5, 5.41) is 12.3. The molecule has 0 aromatic heterocycles. The zero-order valence-corrected chi connectivity index (χ0v) is 14.6. The van der Waals surface area contributed by atoms with Gasteiger partial charge in [-0.25, -0.2) is 0 Å². The first-order chi connectivity index (χ1) is 12.5. The summed E-state index contributed by atoms with van der Waals surface area (Å²) in [5.74, 6) is -2.74. The van der Waals surface area contributed by atoms with E-state index in [2.05, 4.69) is 5.32 Å². The Hall–Kier alpha value is -2.63. The molecule has 4 rings (SSSR count). The molecule has 26 heavy (non-hydrogen) atoms. The molecule has 2 aliphatic carbocycles. The van der Waals surface area contributed by atoms with E-state index in [1.165, 1.54) is 0 Å². The van der Waals surface area contributed by atoms with E-state index in [-0.39, 0.29) is 23.7 Å². The number of carboxylic acids is 1. The van der Waals surface area contributed by atoms with E-state index in [4.69, 9.17) is 0 Å². The third kappa shape index (κ3) is 2.69. The fourth-order valence-corrected chi connectivity index (χ4v) is 4.58. The Bertz CT molecular complexity index is 786. The Balaban J connectivity index is 1.45. The molecular formula is C20H22N2O4. The molecular weight excluding hydrogens is 332 g/mol. The van der Waals surface area contributed by atoms with E-state index in [1.54, 1.807) is 4.90 Å². The van der Waals surface area contributed by atoms with Crippen molar-refractivity contribution in [2.75, 3.05) is 11.4 Å². The van der Waals surface area contributed by atoms with Crippen LogP contribution in [0.2, 0.25) is 0 Å². The van der Waals surface area contributed by atoms with E-state index in [9.17, 15) is 19.5 Å². The number of benzene rings is 1. The predicted octanol–water partition coefficient (Wildman–Crippen LogP) is 1.74. The molecule has 2 bridgehead atoms. The number of hydrogen-bond acceptors (Lipinski definition) is 3. The molecule has 0 radical (unpaired) electrons. The average Bonchev–Trinajstić information content (AvgIpc) is 3.31. The summed E-state index contributed by atoms with van der Waals surface area (Å²) in [4.78, 5) is 38.7. The number of nitrogens with zero attached hydrogens (tertiary/aromatic N) is 1. The smallest absolute Gasteiger partial charge is 0.307 e. The van der Waals surface area contributed by atoms with Crippen LogP contribution in [0.15, 0.2) is 36.4 Å². The molecule has 136 valence electrons. The van der Waals surface area contributed by atoms with E-state index in [1.807, 2.05) is 43.3 Å². The van der Waals surface area contributed by atoms with Gasteiger partial charge < -0.3 is 15.3 Å². The predicted molar refractivity (Wildman–Crippen MR) is 95.4 cm³/mol. The Morgan fingerprint density at radius 2 is 1.77 bits per heavy atom. The largest absolute Gasteiger partial charge is 0.481 e. The summed E-state index contributed by atoms with van der Waals surface area (Å²) in [5.41, 5.74) is 1.94. The van der Waals surface area contributed by atoms with Crippen molar-refractivity contribution in [3.05, 3.63) is 42.0 Å². The van der Waals surface area contributed by atoms with Gasteiger partial charge in [0.25, 0.3) is 0 Å². The number of carbonyl (C=O) groups excluding carboxylic acids is 2. The Labute approximate surface area is 151 Å². The number of nitrogens with one attached hydrogen (secondary N) is 1. The first-order valence-electron chi connectivity index (χ1n) is 9.05. The molecule has 3 aliphatic rings. The van der Waals surface area contributed by atoms with Crippen molar-refractivity contribution in [2.24, 2.45) is 23.7 Å². The van der Waals surface area contributed by atoms with Gasteiger partial charge in [-0.05, 0) is 43.7 Å². The van der Waals surface area contributed by atoms with Crippen LogP contribution in [0.1, 0.15) is 18.4 Å². The summed E-state index contributed by atoms with van der Waals surface area (Å²) in [6.45, 7) is 2.53. The van der Waals surface area contributed by atoms with Gasteiger partial charge in [0.2, 0.25) is 11.8 Å². The van der Waals surface area contributed by atoms with Gasteiger partial charge in [-0.1, -0.05) is 29.8 Å². The van der Waals surface area contributed by atoms with Crippen molar-refractivity contribution in [1.82, 2.24) is 5.32 Å². The minimum absolute atomic E-state index is 0.0363. The second kappa shape index (κ2) is 6.27. The lowest BCUT2D eigenvalue weighted by atomic mass is 9.82. The van der Waals surface area contributed by atoms with Crippen LogP contribution in [0.25, 0.3) is 0 Å². The van der Waals surface area contributed by atoms with E-state index >= 15 is 0 Å². The lowest BCUT2D eigenvalue weighted by molar-refractivity contribution is -0.148. The topological polar surface area (TPSA) is 86.7 Å². The minimum Gasteiger partial charge on any atom is -0.481 e. The molecule has 2 fully saturated rings. The second-order valence-electron chi connectivity index (χ2n) is 7.51. The first kappa shape index (κ1) is 16.8. The van der Waals surface area contributed by atoms with Crippen LogP contribution in [0.5, 0.6) is 0 Å². The Morgan fingerprint density at radius 1 is 1.12 bits per heavy atom. The molecule has 0 spiro atoms. The van der Waals surface area contributed by atoms with Gasteiger partial charge in [-0.2, -0.15) is 0 Å². The summed E-state index contributed by atoms with van der Waals surface area (Å²) < 4.78 is 0. The molecule has 1 saturated carbocycles. The number of carboxylic acid groups (broad SMARTS) is 1. The molecule has 1 aromatic carbocycles. The Morgan fingerprint density at radius 3 is 2.42 bits per heavy atom. The zero-order valence-electron chi connectivity index (χ0n) is 14.6. The van der Waals surface area contributed by atoms with Crippen molar-refractivity contribution in [3.63, 3.8) is 0 Å². The van der Waals surface area contributed by atoms with Gasteiger partial charge in [-0.15, -0.1) is 0 Å². The molecule has 0 unspecified atom stereocenters. The maximum absolute atomic E-state index is 12.8. The molecule has 1 saturated heterocycles. The summed E-state index contributed by atoms with van der Waals surface area (Å²) in [6.07, 6.45) is 5.10. The quantitative estimate of drug-likeness (QED) is 0.807. The molecule has 6 heteroatoms. The number of carbonyl (C=O) groups is 3. The highest BCUT2D eigenvalue weighted by Crippen LogP contribution is 2.48. The van der Waals surface area contributed by atoms with E-state index in [0.29, 0.717) is 19.4 Å². The number of aliphatic carboxylic acids is 1. The van der Waals surface area contributed by atoms with Crippen molar-refractivity contribution in [2.45, 2.75) is 25.8 Å². The number of allylic oxidation sites excluding steroid dienone is 2. The monoisotopic (exact) mass is 354 g/mol. The summed E-state index contributed by atoms with van der Waals surface area (Å²) in [6, 6.07) is 7.12. The van der Waals surface area contributed by atoms with Crippen LogP contribution >= 0.6 is 0 Å². The van der Waals surface area contributed by atoms with Gasteiger partial charge in [0.05, 0.1) is 11.8 Å². The normalized spacial score (nSPS) is 32.3. The van der Waals surface area contributed by atoms with Gasteiger partial charge in [0.1, 0.15) is 6.04 Å². The van der Waals surface area contributed by atoms with E-state index in [0.717, 1.165) is 11.3 Å². The van der Waals surface area contributed by atoms with Crippen LogP contribution in [0.4, 0.5) is 5.69 Å². The molecule has 1 aromatic rings. The number of fused-ring (bicyclic) bond motifs is 2.